The first kappa shape index (κ1) is 17.6. The standard InChI is InChI=1S/C20H20O5S/c21-10-14-17(22)18(23)19(24)20(25-14)13-6-3-5-11(8-13)16-9-12-4-1-2-7-15(12)26-16/h1-9,14,17-24H,10H2. The van der Waals surface area contributed by atoms with Gasteiger partial charge in [-0.3, -0.25) is 0 Å². The Kier molecular flexibility index (Phi) is 4.79. The minimum atomic E-state index is -1.38. The SMILES string of the molecule is OCC1OC(c2cccc(-c3cc4ccccc4s3)c2)C(O)C(O)C1O. The molecule has 0 amide bonds. The number of thiophene rings is 1. The van der Waals surface area contributed by atoms with E-state index in [1.165, 1.54) is 10.1 Å². The van der Waals surface area contributed by atoms with Gasteiger partial charge in [0.05, 0.1) is 6.61 Å². The van der Waals surface area contributed by atoms with Crippen LogP contribution in [0, 0.1) is 0 Å². The van der Waals surface area contributed by atoms with Gasteiger partial charge in [0.15, 0.2) is 0 Å². The minimum absolute atomic E-state index is 0.433. The van der Waals surface area contributed by atoms with Crippen LogP contribution in [0.2, 0.25) is 0 Å². The van der Waals surface area contributed by atoms with Crippen molar-refractivity contribution < 1.29 is 25.2 Å². The lowest BCUT2D eigenvalue weighted by atomic mass is 9.90. The Morgan fingerprint density at radius 1 is 0.885 bits per heavy atom. The molecule has 0 aliphatic carbocycles. The van der Waals surface area contributed by atoms with Crippen LogP contribution in [0.5, 0.6) is 0 Å². The fourth-order valence-electron chi connectivity index (χ4n) is 3.37. The second kappa shape index (κ2) is 7.08. The number of hydrogen-bond acceptors (Lipinski definition) is 6. The van der Waals surface area contributed by atoms with Crippen LogP contribution in [0.4, 0.5) is 0 Å². The van der Waals surface area contributed by atoms with Crippen molar-refractivity contribution in [1.82, 2.24) is 0 Å². The van der Waals surface area contributed by atoms with Crippen LogP contribution in [-0.4, -0.2) is 51.4 Å². The molecule has 2 heterocycles. The lowest BCUT2D eigenvalue weighted by molar-refractivity contribution is -0.231. The molecule has 5 atom stereocenters. The molecule has 3 aromatic rings. The van der Waals surface area contributed by atoms with E-state index in [-0.39, 0.29) is 0 Å². The molecule has 0 spiro atoms. The first-order valence-electron chi connectivity index (χ1n) is 8.48. The Hall–Kier alpha value is -1.80. The number of fused-ring (bicyclic) bond motifs is 1. The van der Waals surface area contributed by atoms with Crippen LogP contribution in [0.25, 0.3) is 20.5 Å². The highest BCUT2D eigenvalue weighted by Gasteiger charge is 2.43. The van der Waals surface area contributed by atoms with Gasteiger partial charge < -0.3 is 25.2 Å². The van der Waals surface area contributed by atoms with Gasteiger partial charge in [0.1, 0.15) is 30.5 Å². The zero-order valence-electron chi connectivity index (χ0n) is 13.9. The Balaban J connectivity index is 1.69. The molecule has 1 aliphatic rings. The lowest BCUT2D eigenvalue weighted by Crippen LogP contribution is -2.55. The van der Waals surface area contributed by atoms with E-state index in [1.54, 1.807) is 11.3 Å². The van der Waals surface area contributed by atoms with Crippen molar-refractivity contribution in [2.75, 3.05) is 6.61 Å². The summed E-state index contributed by atoms with van der Waals surface area (Å²) in [6, 6.07) is 17.8. The Morgan fingerprint density at radius 2 is 1.69 bits per heavy atom. The van der Waals surface area contributed by atoms with E-state index in [4.69, 9.17) is 4.74 Å². The summed E-state index contributed by atoms with van der Waals surface area (Å²) in [5.41, 5.74) is 1.68. The summed E-state index contributed by atoms with van der Waals surface area (Å²) in [7, 11) is 0. The third-order valence-corrected chi connectivity index (χ3v) is 5.98. The Morgan fingerprint density at radius 3 is 2.46 bits per heavy atom. The smallest absolute Gasteiger partial charge is 0.113 e. The molecule has 0 bridgehead atoms. The van der Waals surface area contributed by atoms with Crippen LogP contribution >= 0.6 is 11.3 Å². The highest BCUT2D eigenvalue weighted by molar-refractivity contribution is 7.22. The Labute approximate surface area is 154 Å². The van der Waals surface area contributed by atoms with Gasteiger partial charge in [0, 0.05) is 9.58 Å². The molecular weight excluding hydrogens is 352 g/mol. The molecule has 6 heteroatoms. The maximum absolute atomic E-state index is 10.3. The topological polar surface area (TPSA) is 90.2 Å². The molecule has 2 aromatic carbocycles. The first-order chi connectivity index (χ1) is 12.6. The van der Waals surface area contributed by atoms with Gasteiger partial charge in [-0.2, -0.15) is 0 Å². The highest BCUT2D eigenvalue weighted by atomic mass is 32.1. The van der Waals surface area contributed by atoms with Gasteiger partial charge in [-0.25, -0.2) is 0 Å². The van der Waals surface area contributed by atoms with Gasteiger partial charge in [0.25, 0.3) is 0 Å². The zero-order chi connectivity index (χ0) is 18.3. The minimum Gasteiger partial charge on any atom is -0.394 e. The number of ether oxygens (including phenoxy) is 1. The lowest BCUT2D eigenvalue weighted by Gasteiger charge is -2.40. The second-order valence-electron chi connectivity index (χ2n) is 6.52. The van der Waals surface area contributed by atoms with Crippen LogP contribution < -0.4 is 0 Å². The summed E-state index contributed by atoms with van der Waals surface area (Å²) in [5, 5.41) is 40.8. The van der Waals surface area contributed by atoms with Crippen molar-refractivity contribution in [2.45, 2.75) is 30.5 Å². The molecule has 136 valence electrons. The van der Waals surface area contributed by atoms with E-state index >= 15 is 0 Å². The summed E-state index contributed by atoms with van der Waals surface area (Å²) in [4.78, 5) is 1.10. The summed E-state index contributed by atoms with van der Waals surface area (Å²) < 4.78 is 6.85. The maximum Gasteiger partial charge on any atom is 0.113 e. The van der Waals surface area contributed by atoms with Crippen LogP contribution in [0.1, 0.15) is 11.7 Å². The molecule has 1 fully saturated rings. The van der Waals surface area contributed by atoms with Crippen molar-refractivity contribution in [2.24, 2.45) is 0 Å². The van der Waals surface area contributed by atoms with Crippen LogP contribution in [-0.2, 0) is 4.74 Å². The van der Waals surface area contributed by atoms with E-state index in [1.807, 2.05) is 36.4 Å². The first-order valence-corrected chi connectivity index (χ1v) is 9.29. The molecular formula is C20H20O5S. The van der Waals surface area contributed by atoms with Gasteiger partial charge in [-0.1, -0.05) is 36.4 Å². The van der Waals surface area contributed by atoms with Gasteiger partial charge in [-0.05, 0) is 34.7 Å². The van der Waals surface area contributed by atoms with E-state index in [9.17, 15) is 20.4 Å². The average Bonchev–Trinajstić information content (AvgIpc) is 3.11. The molecule has 4 N–H and O–H groups in total. The summed E-state index contributed by atoms with van der Waals surface area (Å²) >= 11 is 1.68. The molecule has 1 aliphatic heterocycles. The van der Waals surface area contributed by atoms with Crippen molar-refractivity contribution >= 4 is 21.4 Å². The highest BCUT2D eigenvalue weighted by Crippen LogP contribution is 2.37. The second-order valence-corrected chi connectivity index (χ2v) is 7.61. The van der Waals surface area contributed by atoms with Crippen LogP contribution in [0.15, 0.2) is 54.6 Å². The van der Waals surface area contributed by atoms with Gasteiger partial charge in [0.2, 0.25) is 0 Å². The third-order valence-electron chi connectivity index (χ3n) is 4.82. The molecule has 1 saturated heterocycles. The molecule has 1 aromatic heterocycles. The quantitative estimate of drug-likeness (QED) is 0.565. The fourth-order valence-corrected chi connectivity index (χ4v) is 4.43. The van der Waals surface area contributed by atoms with Crippen molar-refractivity contribution in [3.63, 3.8) is 0 Å². The monoisotopic (exact) mass is 372 g/mol. The van der Waals surface area contributed by atoms with Gasteiger partial charge >= 0.3 is 0 Å². The number of hydrogen-bond donors (Lipinski definition) is 4. The predicted octanol–water partition coefficient (Wildman–Crippen LogP) is 2.08. The van der Waals surface area contributed by atoms with E-state index in [0.29, 0.717) is 5.56 Å². The molecule has 5 nitrogen and oxygen atoms in total. The number of benzene rings is 2. The fraction of sp³-hybridized carbons (Fsp3) is 0.300. The van der Waals surface area contributed by atoms with Crippen molar-refractivity contribution in [1.29, 1.82) is 0 Å². The zero-order valence-corrected chi connectivity index (χ0v) is 14.7. The van der Waals surface area contributed by atoms with Crippen molar-refractivity contribution in [3.8, 4) is 10.4 Å². The van der Waals surface area contributed by atoms with Gasteiger partial charge in [-0.15, -0.1) is 11.3 Å². The van der Waals surface area contributed by atoms with E-state index < -0.39 is 37.1 Å². The molecule has 26 heavy (non-hydrogen) atoms. The van der Waals surface area contributed by atoms with E-state index in [2.05, 4.69) is 18.2 Å². The normalized spacial score (nSPS) is 29.2. The number of aliphatic hydroxyl groups is 4. The number of aliphatic hydroxyl groups excluding tert-OH is 4. The summed E-state index contributed by atoms with van der Waals surface area (Å²) in [6.07, 6.45) is -5.73. The molecule has 0 saturated carbocycles. The van der Waals surface area contributed by atoms with Crippen molar-refractivity contribution in [3.05, 3.63) is 60.2 Å². The third kappa shape index (κ3) is 3.05. The molecule has 4 rings (SSSR count). The largest absolute Gasteiger partial charge is 0.394 e. The average molecular weight is 372 g/mol. The van der Waals surface area contributed by atoms with Crippen LogP contribution in [0.3, 0.4) is 0 Å². The Bertz CT molecular complexity index is 873. The maximum atomic E-state index is 10.3. The van der Waals surface area contributed by atoms with E-state index in [0.717, 1.165) is 10.4 Å². The predicted molar refractivity (Wildman–Crippen MR) is 100.0 cm³/mol. The summed E-state index contributed by atoms with van der Waals surface area (Å²) in [5.74, 6) is 0. The summed E-state index contributed by atoms with van der Waals surface area (Å²) in [6.45, 7) is -0.433. The molecule has 0 radical (unpaired) electrons. The number of rotatable bonds is 3. The molecule has 5 unspecified atom stereocenters.